The Balaban J connectivity index is 0.00000417. The second kappa shape index (κ2) is 14.5. The minimum absolute atomic E-state index is 0. The second-order valence-corrected chi connectivity index (χ2v) is 11.5. The van der Waals surface area contributed by atoms with E-state index in [1.54, 1.807) is 0 Å². The average molecular weight is 638 g/mol. The summed E-state index contributed by atoms with van der Waals surface area (Å²) in [6, 6.07) is 20.8. The van der Waals surface area contributed by atoms with Crippen LogP contribution in [0.5, 0.6) is 0 Å². The van der Waals surface area contributed by atoms with Gasteiger partial charge >= 0.3 is 0 Å². The van der Waals surface area contributed by atoms with Gasteiger partial charge in [-0.2, -0.15) is 9.97 Å². The number of carbonyl (C=O) groups excluding carboxylic acids is 1. The molecule has 1 aliphatic carbocycles. The van der Waals surface area contributed by atoms with Crippen LogP contribution in [-0.4, -0.2) is 79.1 Å². The van der Waals surface area contributed by atoms with Crippen LogP contribution in [-0.2, 0) is 9.53 Å². The van der Waals surface area contributed by atoms with Gasteiger partial charge in [-0.05, 0) is 43.7 Å². The van der Waals surface area contributed by atoms with Gasteiger partial charge in [0, 0.05) is 32.5 Å². The van der Waals surface area contributed by atoms with Gasteiger partial charge in [-0.3, -0.25) is 9.36 Å². The lowest BCUT2D eigenvalue weighted by atomic mass is 9.91. The molecule has 1 aliphatic heterocycles. The molecule has 0 spiro atoms. The maximum absolute atomic E-state index is 12.6. The molecule has 7 N–H and O–H groups in total. The first-order valence-corrected chi connectivity index (χ1v) is 15.1. The largest absolute Gasteiger partial charge is 0.387 e. The van der Waals surface area contributed by atoms with Crippen molar-refractivity contribution in [1.82, 2.24) is 24.8 Å². The molecular formula is C32H41ClN8O4. The number of nitrogens with two attached hydrogens (primary N) is 1. The Labute approximate surface area is 269 Å². The summed E-state index contributed by atoms with van der Waals surface area (Å²) in [6.45, 7) is 0.609. The Kier molecular flexibility index (Phi) is 10.1. The Morgan fingerprint density at radius 3 is 2.36 bits per heavy atom. The van der Waals surface area contributed by atoms with Gasteiger partial charge < -0.3 is 36.6 Å². The lowest BCUT2D eigenvalue weighted by molar-refractivity contribution is -0.137. The molecule has 2 aromatic carbocycles. The third-order valence-corrected chi connectivity index (χ3v) is 8.47. The number of fused-ring (bicyclic) bond motifs is 1. The molecule has 240 valence electrons. The molecule has 4 aromatic rings. The van der Waals surface area contributed by atoms with Gasteiger partial charge in [0.15, 0.2) is 29.3 Å². The molecule has 6 rings (SSSR count). The molecule has 12 nitrogen and oxygen atoms in total. The number of aliphatic hydroxyl groups excluding tert-OH is 2. The number of carbonyl (C=O) groups is 1. The van der Waals surface area contributed by atoms with E-state index in [4.69, 9.17) is 21.8 Å². The molecular weight excluding hydrogens is 596 g/mol. The van der Waals surface area contributed by atoms with Gasteiger partial charge in [0.1, 0.15) is 12.2 Å². The lowest BCUT2D eigenvalue weighted by Gasteiger charge is -2.27. The fourth-order valence-corrected chi connectivity index (χ4v) is 6.06. The summed E-state index contributed by atoms with van der Waals surface area (Å²) in [4.78, 5) is 26.8. The standard InChI is InChI=1S/C32H40N8O4.ClH/c1-2-34-30(43)27-25(41)26(42)31(44-27)40-18-36-24-28(38-32(39-29(24)40)37-22-15-13-21(33)14-16-22)35-17-23(19-9-5-3-6-10-19)20-11-7-4-8-12-20;/h3-12,18,21-23,25-27,31,41-42H,2,13-17,33H2,1H3,(H,34,43)(H2,35,37,38,39);1H/t21?,22?,25-,26+,27-,31?;/m0./s1/i1D;. The van der Waals surface area contributed by atoms with Gasteiger partial charge in [-0.25, -0.2) is 4.98 Å². The maximum atomic E-state index is 12.6. The number of hydrogen-bond donors (Lipinski definition) is 6. The Morgan fingerprint density at radius 2 is 1.71 bits per heavy atom. The molecule has 2 aliphatic rings. The molecule has 3 heterocycles. The first-order chi connectivity index (χ1) is 21.9. The number of nitrogens with zero attached hydrogens (tertiary/aromatic N) is 4. The van der Waals surface area contributed by atoms with Crippen molar-refractivity contribution in [2.24, 2.45) is 5.73 Å². The van der Waals surface area contributed by atoms with Crippen molar-refractivity contribution in [1.29, 1.82) is 0 Å². The van der Waals surface area contributed by atoms with E-state index in [0.29, 0.717) is 29.5 Å². The first-order valence-electron chi connectivity index (χ1n) is 15.8. The number of ether oxygens (including phenoxy) is 1. The van der Waals surface area contributed by atoms with E-state index in [-0.39, 0.29) is 43.9 Å². The zero-order valence-corrected chi connectivity index (χ0v) is 25.6. The second-order valence-electron chi connectivity index (χ2n) is 11.5. The lowest BCUT2D eigenvalue weighted by Crippen LogP contribution is -2.42. The highest BCUT2D eigenvalue weighted by molar-refractivity contribution is 5.85. The van der Waals surface area contributed by atoms with Crippen LogP contribution in [0.1, 0.15) is 57.2 Å². The zero-order valence-electron chi connectivity index (χ0n) is 25.8. The molecule has 2 fully saturated rings. The van der Waals surface area contributed by atoms with Gasteiger partial charge in [-0.1, -0.05) is 60.7 Å². The van der Waals surface area contributed by atoms with E-state index < -0.39 is 30.4 Å². The number of likely N-dealkylation sites (N-methyl/N-ethyl adjacent to an activating group) is 1. The Hall–Kier alpha value is -3.81. The number of benzene rings is 2. The fourth-order valence-electron chi connectivity index (χ4n) is 6.06. The molecule has 1 amide bonds. The van der Waals surface area contributed by atoms with Crippen LogP contribution in [0.2, 0.25) is 0 Å². The summed E-state index contributed by atoms with van der Waals surface area (Å²) in [6.07, 6.45) is -0.260. The third kappa shape index (κ3) is 7.05. The number of rotatable bonds is 10. The quantitative estimate of drug-likeness (QED) is 0.152. The van der Waals surface area contributed by atoms with Gasteiger partial charge in [0.05, 0.1) is 6.33 Å². The third-order valence-electron chi connectivity index (χ3n) is 8.47. The van der Waals surface area contributed by atoms with Crippen molar-refractivity contribution in [3.63, 3.8) is 0 Å². The topological polar surface area (TPSA) is 172 Å². The molecule has 1 unspecified atom stereocenters. The SMILES string of the molecule is Cl.[2H]CCNC(=O)[C@H]1OC(n2cnc3c(NCC(c4ccccc4)c4ccccc4)nc(NC4CCC(N)CC4)nc32)[C@H](O)[C@@H]1O. The monoisotopic (exact) mass is 637 g/mol. The average Bonchev–Trinajstić information content (AvgIpc) is 3.62. The van der Waals surface area contributed by atoms with Crippen molar-refractivity contribution < 1.29 is 21.1 Å². The van der Waals surface area contributed by atoms with Crippen molar-refractivity contribution in [3.8, 4) is 0 Å². The summed E-state index contributed by atoms with van der Waals surface area (Å²) in [5, 5.41) is 31.2. The number of nitrogens with one attached hydrogen (secondary N) is 3. The number of imidazole rings is 1. The summed E-state index contributed by atoms with van der Waals surface area (Å²) in [7, 11) is 0. The number of aliphatic hydroxyl groups is 2. The summed E-state index contributed by atoms with van der Waals surface area (Å²) < 4.78 is 14.7. The van der Waals surface area contributed by atoms with Crippen LogP contribution in [0.4, 0.5) is 11.8 Å². The highest BCUT2D eigenvalue weighted by Gasteiger charge is 2.47. The number of hydrogen-bond acceptors (Lipinski definition) is 10. The predicted molar refractivity (Wildman–Crippen MR) is 174 cm³/mol. The zero-order chi connectivity index (χ0) is 31.3. The minimum Gasteiger partial charge on any atom is -0.387 e. The molecule has 2 aromatic heterocycles. The molecule has 0 radical (unpaired) electrons. The van der Waals surface area contributed by atoms with E-state index >= 15 is 0 Å². The van der Waals surface area contributed by atoms with Crippen LogP contribution in [0, 0.1) is 0 Å². The van der Waals surface area contributed by atoms with E-state index in [9.17, 15) is 15.0 Å². The number of anilines is 2. The van der Waals surface area contributed by atoms with Crippen LogP contribution in [0.25, 0.3) is 11.2 Å². The fraction of sp³-hybridized carbons (Fsp3) is 0.438. The highest BCUT2D eigenvalue weighted by atomic mass is 35.5. The molecule has 0 bridgehead atoms. The Morgan fingerprint density at radius 1 is 1.04 bits per heavy atom. The van der Waals surface area contributed by atoms with Gasteiger partial charge in [0.2, 0.25) is 5.95 Å². The van der Waals surface area contributed by atoms with Crippen molar-refractivity contribution in [2.75, 3.05) is 23.7 Å². The van der Waals surface area contributed by atoms with Crippen molar-refractivity contribution >= 4 is 41.2 Å². The van der Waals surface area contributed by atoms with Gasteiger partial charge in [0.25, 0.3) is 5.91 Å². The number of halogens is 1. The molecule has 4 atom stereocenters. The number of amides is 1. The molecule has 1 saturated heterocycles. The van der Waals surface area contributed by atoms with Crippen LogP contribution in [0.15, 0.2) is 67.0 Å². The van der Waals surface area contributed by atoms with E-state index in [1.807, 2.05) is 36.4 Å². The van der Waals surface area contributed by atoms with Crippen LogP contribution in [0.3, 0.4) is 0 Å². The van der Waals surface area contributed by atoms with Crippen LogP contribution >= 0.6 is 12.4 Å². The normalized spacial score (nSPS) is 25.0. The first kappa shape index (κ1) is 31.2. The van der Waals surface area contributed by atoms with Gasteiger partial charge in [-0.15, -0.1) is 12.4 Å². The summed E-state index contributed by atoms with van der Waals surface area (Å²) >= 11 is 0. The minimum atomic E-state index is -1.47. The van der Waals surface area contributed by atoms with Crippen molar-refractivity contribution in [2.45, 2.75) is 75.1 Å². The maximum Gasteiger partial charge on any atom is 0.252 e. The highest BCUT2D eigenvalue weighted by Crippen LogP contribution is 2.34. The summed E-state index contributed by atoms with van der Waals surface area (Å²) in [5.74, 6) is 0.321. The van der Waals surface area contributed by atoms with Crippen molar-refractivity contribution in [3.05, 3.63) is 78.1 Å². The summed E-state index contributed by atoms with van der Waals surface area (Å²) in [5.41, 5.74) is 9.27. The van der Waals surface area contributed by atoms with Crippen LogP contribution < -0.4 is 21.7 Å². The van der Waals surface area contributed by atoms with E-state index in [0.717, 1.165) is 36.8 Å². The van der Waals surface area contributed by atoms with E-state index in [2.05, 4.69) is 45.2 Å². The smallest absolute Gasteiger partial charge is 0.252 e. The number of aromatic nitrogens is 4. The molecule has 45 heavy (non-hydrogen) atoms. The van der Waals surface area contributed by atoms with E-state index in [1.165, 1.54) is 10.9 Å². The molecule has 13 heteroatoms. The Bertz CT molecular complexity index is 1540. The predicted octanol–water partition coefficient (Wildman–Crippen LogP) is 2.93. The molecule has 1 saturated carbocycles.